The number of aliphatic hydroxyl groups is 1. The summed E-state index contributed by atoms with van der Waals surface area (Å²) in [7, 11) is 0. The van der Waals surface area contributed by atoms with Gasteiger partial charge in [-0.2, -0.15) is 0 Å². The van der Waals surface area contributed by atoms with E-state index in [4.69, 9.17) is 4.74 Å². The first-order valence-electron chi connectivity index (χ1n) is 7.74. The van der Waals surface area contributed by atoms with Gasteiger partial charge >= 0.3 is 6.03 Å². The molecule has 0 bridgehead atoms. The molecule has 1 unspecified atom stereocenters. The Labute approximate surface area is 122 Å². The van der Waals surface area contributed by atoms with Crippen LogP contribution in [0.15, 0.2) is 0 Å². The van der Waals surface area contributed by atoms with Gasteiger partial charge in [0.25, 0.3) is 0 Å². The van der Waals surface area contributed by atoms with Crippen LogP contribution in [0.3, 0.4) is 0 Å². The normalized spacial score (nSPS) is 20.0. The molecular formula is C15H30N2O3. The number of aliphatic hydroxyl groups excluding tert-OH is 1. The van der Waals surface area contributed by atoms with E-state index in [0.717, 1.165) is 32.2 Å². The number of hydrogen-bond acceptors (Lipinski definition) is 3. The maximum Gasteiger partial charge on any atom is 0.317 e. The Kier molecular flexibility index (Phi) is 7.30. The molecule has 20 heavy (non-hydrogen) atoms. The zero-order chi connectivity index (χ0) is 15.0. The van der Waals surface area contributed by atoms with E-state index in [-0.39, 0.29) is 24.2 Å². The van der Waals surface area contributed by atoms with Gasteiger partial charge in [-0.25, -0.2) is 4.79 Å². The third-order valence-electron chi connectivity index (χ3n) is 3.80. The molecule has 0 aliphatic carbocycles. The molecule has 1 fully saturated rings. The van der Waals surface area contributed by atoms with Gasteiger partial charge in [0.15, 0.2) is 0 Å². The second-order valence-electron chi connectivity index (χ2n) is 6.32. The summed E-state index contributed by atoms with van der Waals surface area (Å²) in [5.74, 6) is 0. The van der Waals surface area contributed by atoms with Crippen LogP contribution in [0.2, 0.25) is 0 Å². The lowest BCUT2D eigenvalue weighted by atomic mass is 9.89. The van der Waals surface area contributed by atoms with Gasteiger partial charge in [-0.05, 0) is 38.0 Å². The smallest absolute Gasteiger partial charge is 0.317 e. The maximum absolute atomic E-state index is 12.1. The summed E-state index contributed by atoms with van der Waals surface area (Å²) in [6, 6.07) is 0.0104. The fourth-order valence-corrected chi connectivity index (χ4v) is 2.45. The fourth-order valence-electron chi connectivity index (χ4n) is 2.45. The number of amides is 2. The number of nitrogens with zero attached hydrogens (tertiary/aromatic N) is 1. The topological polar surface area (TPSA) is 61.8 Å². The molecule has 1 rings (SSSR count). The van der Waals surface area contributed by atoms with Crippen LogP contribution >= 0.6 is 0 Å². The van der Waals surface area contributed by atoms with Gasteiger partial charge in [-0.1, -0.05) is 13.8 Å². The number of hydrogen-bond donors (Lipinski definition) is 2. The first-order valence-corrected chi connectivity index (χ1v) is 7.74. The molecule has 0 radical (unpaired) electrons. The average Bonchev–Trinajstić information content (AvgIpc) is 2.44. The molecule has 1 aliphatic rings. The molecular weight excluding hydrogens is 256 g/mol. The second-order valence-corrected chi connectivity index (χ2v) is 6.32. The second kappa shape index (κ2) is 8.47. The minimum absolute atomic E-state index is 0.0104. The molecule has 0 spiro atoms. The van der Waals surface area contributed by atoms with Crippen LogP contribution in [0.1, 0.15) is 46.5 Å². The molecule has 1 atom stereocenters. The van der Waals surface area contributed by atoms with Gasteiger partial charge in [0.05, 0.1) is 6.10 Å². The highest BCUT2D eigenvalue weighted by molar-refractivity contribution is 5.74. The van der Waals surface area contributed by atoms with Gasteiger partial charge in [-0.3, -0.25) is 0 Å². The summed E-state index contributed by atoms with van der Waals surface area (Å²) in [4.78, 5) is 13.9. The van der Waals surface area contributed by atoms with E-state index in [2.05, 4.69) is 5.32 Å². The van der Waals surface area contributed by atoms with Gasteiger partial charge in [0.2, 0.25) is 0 Å². The van der Waals surface area contributed by atoms with Crippen molar-refractivity contribution in [1.29, 1.82) is 0 Å². The van der Waals surface area contributed by atoms with E-state index >= 15 is 0 Å². The lowest BCUT2D eigenvalue weighted by Gasteiger charge is -2.32. The van der Waals surface area contributed by atoms with Crippen molar-refractivity contribution in [2.24, 2.45) is 5.41 Å². The number of carbonyl (C=O) groups is 1. The van der Waals surface area contributed by atoms with Crippen molar-refractivity contribution in [2.45, 2.75) is 52.6 Å². The molecule has 118 valence electrons. The van der Waals surface area contributed by atoms with Gasteiger partial charge < -0.3 is 20.1 Å². The number of nitrogens with one attached hydrogen (secondary N) is 1. The summed E-state index contributed by atoms with van der Waals surface area (Å²) in [6.07, 6.45) is 4.04. The number of urea groups is 1. The van der Waals surface area contributed by atoms with Crippen LogP contribution in [0.5, 0.6) is 0 Å². The van der Waals surface area contributed by atoms with Crippen LogP contribution in [-0.2, 0) is 4.74 Å². The van der Waals surface area contributed by atoms with Crippen LogP contribution in [0.4, 0.5) is 4.79 Å². The molecule has 0 aromatic rings. The zero-order valence-electron chi connectivity index (χ0n) is 13.2. The lowest BCUT2D eigenvalue weighted by molar-refractivity contribution is 0.0164. The maximum atomic E-state index is 12.1. The van der Waals surface area contributed by atoms with Crippen molar-refractivity contribution in [1.82, 2.24) is 10.2 Å². The minimum atomic E-state index is -0.0596. The molecule has 2 amide bonds. The van der Waals surface area contributed by atoms with E-state index in [1.807, 2.05) is 25.7 Å². The number of rotatable bonds is 7. The summed E-state index contributed by atoms with van der Waals surface area (Å²) >= 11 is 0. The van der Waals surface area contributed by atoms with Crippen LogP contribution in [-0.4, -0.2) is 55.0 Å². The van der Waals surface area contributed by atoms with Gasteiger partial charge in [0, 0.05) is 32.8 Å². The number of ether oxygens (including phenoxy) is 1. The molecule has 0 aromatic heterocycles. The Morgan fingerprint density at radius 3 is 2.90 bits per heavy atom. The quantitative estimate of drug-likeness (QED) is 0.704. The average molecular weight is 286 g/mol. The molecule has 1 heterocycles. The molecule has 2 N–H and O–H groups in total. The lowest BCUT2D eigenvalue weighted by Crippen LogP contribution is -2.48. The van der Waals surface area contributed by atoms with E-state index in [0.29, 0.717) is 19.7 Å². The van der Waals surface area contributed by atoms with E-state index in [9.17, 15) is 9.90 Å². The number of likely N-dealkylation sites (tertiary alicyclic amines) is 1. The fraction of sp³-hybridized carbons (Fsp3) is 0.933. The Morgan fingerprint density at radius 2 is 2.25 bits per heavy atom. The number of piperidine rings is 1. The highest BCUT2D eigenvalue weighted by Crippen LogP contribution is 2.20. The van der Waals surface area contributed by atoms with Crippen molar-refractivity contribution >= 4 is 6.03 Å². The predicted octanol–water partition coefficient (Wildman–Crippen LogP) is 2.00. The van der Waals surface area contributed by atoms with Crippen molar-refractivity contribution < 1.29 is 14.6 Å². The largest absolute Gasteiger partial charge is 0.396 e. The molecule has 5 nitrogen and oxygen atoms in total. The zero-order valence-corrected chi connectivity index (χ0v) is 13.2. The SMILES string of the molecule is CCOC1CCCN(C(=O)NCCCC(C)(C)CO)C1. The van der Waals surface area contributed by atoms with Crippen molar-refractivity contribution in [3.63, 3.8) is 0 Å². The standard InChI is InChI=1S/C15H30N2O3/c1-4-20-13-7-5-10-17(11-13)14(19)16-9-6-8-15(2,3)12-18/h13,18H,4-12H2,1-3H3,(H,16,19). The predicted molar refractivity (Wildman–Crippen MR) is 79.7 cm³/mol. The van der Waals surface area contributed by atoms with Gasteiger partial charge in [-0.15, -0.1) is 0 Å². The van der Waals surface area contributed by atoms with E-state index in [1.54, 1.807) is 0 Å². The Hall–Kier alpha value is -0.810. The van der Waals surface area contributed by atoms with Crippen molar-refractivity contribution in [2.75, 3.05) is 32.8 Å². The summed E-state index contributed by atoms with van der Waals surface area (Å²) < 4.78 is 5.60. The summed E-state index contributed by atoms with van der Waals surface area (Å²) in [6.45, 7) is 9.12. The van der Waals surface area contributed by atoms with Crippen molar-refractivity contribution in [3.8, 4) is 0 Å². The van der Waals surface area contributed by atoms with Crippen molar-refractivity contribution in [3.05, 3.63) is 0 Å². The van der Waals surface area contributed by atoms with E-state index < -0.39 is 0 Å². The number of carbonyl (C=O) groups excluding carboxylic acids is 1. The van der Waals surface area contributed by atoms with Crippen LogP contribution in [0, 0.1) is 5.41 Å². The molecule has 1 saturated heterocycles. The summed E-state index contributed by atoms with van der Waals surface area (Å²) in [5, 5.41) is 12.1. The molecule has 1 aliphatic heterocycles. The third-order valence-corrected chi connectivity index (χ3v) is 3.80. The molecule has 0 saturated carbocycles. The Bertz CT molecular complexity index is 293. The first-order chi connectivity index (χ1) is 9.48. The highest BCUT2D eigenvalue weighted by atomic mass is 16.5. The highest BCUT2D eigenvalue weighted by Gasteiger charge is 2.23. The van der Waals surface area contributed by atoms with Crippen LogP contribution in [0.25, 0.3) is 0 Å². The van der Waals surface area contributed by atoms with E-state index in [1.165, 1.54) is 0 Å². The first kappa shape index (κ1) is 17.2. The molecule has 5 heteroatoms. The Balaban J connectivity index is 2.22. The monoisotopic (exact) mass is 286 g/mol. The third kappa shape index (κ3) is 6.09. The summed E-state index contributed by atoms with van der Waals surface area (Å²) in [5.41, 5.74) is -0.0596. The Morgan fingerprint density at radius 1 is 1.50 bits per heavy atom. The van der Waals surface area contributed by atoms with Gasteiger partial charge in [0.1, 0.15) is 0 Å². The van der Waals surface area contributed by atoms with Crippen LogP contribution < -0.4 is 5.32 Å². The minimum Gasteiger partial charge on any atom is -0.396 e. The molecule has 0 aromatic carbocycles.